The van der Waals surface area contributed by atoms with E-state index in [0.717, 1.165) is 6.26 Å². The summed E-state index contributed by atoms with van der Waals surface area (Å²) in [6.45, 7) is 3.15. The minimum absolute atomic E-state index is 0.0857. The minimum atomic E-state index is -3.47. The molecule has 1 N–H and O–H groups in total. The minimum Gasteiger partial charge on any atom is -0.322 e. The van der Waals surface area contributed by atoms with Gasteiger partial charge in [0, 0.05) is 17.5 Å². The predicted molar refractivity (Wildman–Crippen MR) is 96.3 cm³/mol. The van der Waals surface area contributed by atoms with Gasteiger partial charge in [-0.05, 0) is 56.3 Å². The highest BCUT2D eigenvalue weighted by atomic mass is 32.2. The zero-order valence-electron chi connectivity index (χ0n) is 14.1. The zero-order chi connectivity index (χ0) is 18.8. The number of hydrogen-bond donors (Lipinski definition) is 1. The first kappa shape index (κ1) is 19.1. The first-order valence-corrected chi connectivity index (χ1v) is 10.9. The average Bonchev–Trinajstić information content (AvgIpc) is 2.54. The third-order valence-electron chi connectivity index (χ3n) is 3.59. The molecule has 0 aliphatic carbocycles. The van der Waals surface area contributed by atoms with Crippen molar-refractivity contribution in [3.63, 3.8) is 0 Å². The van der Waals surface area contributed by atoms with E-state index in [9.17, 15) is 21.6 Å². The molecule has 2 aromatic carbocycles. The first-order valence-electron chi connectivity index (χ1n) is 7.47. The third-order valence-corrected chi connectivity index (χ3v) is 6.87. The largest absolute Gasteiger partial charge is 0.322 e. The van der Waals surface area contributed by atoms with E-state index in [0.29, 0.717) is 5.69 Å². The molecule has 0 aliphatic rings. The van der Waals surface area contributed by atoms with Crippen LogP contribution in [0.2, 0.25) is 0 Å². The van der Waals surface area contributed by atoms with Gasteiger partial charge in [-0.2, -0.15) is 0 Å². The van der Waals surface area contributed by atoms with E-state index in [1.165, 1.54) is 48.5 Å². The van der Waals surface area contributed by atoms with Crippen molar-refractivity contribution in [2.75, 3.05) is 11.6 Å². The van der Waals surface area contributed by atoms with E-state index < -0.39 is 30.8 Å². The Kier molecular flexibility index (Phi) is 5.34. The van der Waals surface area contributed by atoms with Crippen molar-refractivity contribution in [3.05, 3.63) is 54.1 Å². The van der Waals surface area contributed by atoms with Crippen molar-refractivity contribution >= 4 is 31.3 Å². The molecule has 1 amide bonds. The summed E-state index contributed by atoms with van der Waals surface area (Å²) < 4.78 is 47.3. The van der Waals surface area contributed by atoms with Crippen molar-refractivity contribution in [2.45, 2.75) is 28.9 Å². The number of carbonyl (C=O) groups excluding carboxylic acids is 1. The number of amides is 1. The molecule has 0 aromatic heterocycles. The molecule has 0 unspecified atom stereocenters. The van der Waals surface area contributed by atoms with Crippen molar-refractivity contribution in [1.29, 1.82) is 0 Å². The fourth-order valence-corrected chi connectivity index (χ4v) is 3.81. The van der Waals surface area contributed by atoms with E-state index in [1.54, 1.807) is 13.8 Å². The molecule has 0 heterocycles. The molecular formula is C17H19NO5S2. The summed E-state index contributed by atoms with van der Waals surface area (Å²) in [4.78, 5) is 12.6. The molecule has 6 nitrogen and oxygen atoms in total. The standard InChI is InChI=1S/C17H19NO5S2/c1-12(2)25(22,23)16-6-4-5-13(11-16)17(19)18-14-7-9-15(10-8-14)24(3,20)21/h4-12H,1-3H3,(H,18,19). The Balaban J connectivity index is 2.25. The van der Waals surface area contributed by atoms with Crippen LogP contribution in [0, 0.1) is 0 Å². The van der Waals surface area contributed by atoms with Gasteiger partial charge in [-0.3, -0.25) is 4.79 Å². The highest BCUT2D eigenvalue weighted by Crippen LogP contribution is 2.19. The molecule has 0 fully saturated rings. The number of anilines is 1. The number of benzene rings is 2. The quantitative estimate of drug-likeness (QED) is 0.858. The third kappa shape index (κ3) is 4.46. The Labute approximate surface area is 147 Å². The Morgan fingerprint density at radius 1 is 0.920 bits per heavy atom. The molecule has 8 heteroatoms. The second-order valence-corrected chi connectivity index (χ2v) is 10.4. The Bertz CT molecular complexity index is 992. The second-order valence-electron chi connectivity index (χ2n) is 5.87. The second kappa shape index (κ2) is 6.97. The van der Waals surface area contributed by atoms with Crippen LogP contribution in [0.15, 0.2) is 58.3 Å². The summed E-state index contributed by atoms with van der Waals surface area (Å²) in [5.41, 5.74) is 0.614. The lowest BCUT2D eigenvalue weighted by atomic mass is 10.2. The summed E-state index contributed by atoms with van der Waals surface area (Å²) in [5, 5.41) is 2.03. The van der Waals surface area contributed by atoms with Crippen LogP contribution in [0.3, 0.4) is 0 Å². The molecule has 0 saturated carbocycles. The fourth-order valence-electron chi connectivity index (χ4n) is 2.08. The van der Waals surface area contributed by atoms with Gasteiger partial charge in [0.15, 0.2) is 19.7 Å². The molecule has 134 valence electrons. The maximum absolute atomic E-state index is 12.3. The van der Waals surface area contributed by atoms with Crippen LogP contribution in [0.4, 0.5) is 5.69 Å². The van der Waals surface area contributed by atoms with Crippen molar-refractivity contribution in [3.8, 4) is 0 Å². The lowest BCUT2D eigenvalue weighted by Gasteiger charge is -2.10. The smallest absolute Gasteiger partial charge is 0.255 e. The Morgan fingerprint density at radius 2 is 1.52 bits per heavy atom. The lowest BCUT2D eigenvalue weighted by molar-refractivity contribution is 0.102. The van der Waals surface area contributed by atoms with Crippen molar-refractivity contribution in [2.24, 2.45) is 0 Å². The highest BCUT2D eigenvalue weighted by molar-refractivity contribution is 7.92. The average molecular weight is 381 g/mol. The van der Waals surface area contributed by atoms with E-state index in [-0.39, 0.29) is 15.4 Å². The summed E-state index contributed by atoms with van der Waals surface area (Å²) in [5.74, 6) is -0.479. The van der Waals surface area contributed by atoms with E-state index in [4.69, 9.17) is 0 Å². The maximum atomic E-state index is 12.3. The SMILES string of the molecule is CC(C)S(=O)(=O)c1cccc(C(=O)Nc2ccc(S(C)(=O)=O)cc2)c1. The van der Waals surface area contributed by atoms with Crippen LogP contribution in [-0.2, 0) is 19.7 Å². The van der Waals surface area contributed by atoms with E-state index in [1.807, 2.05) is 0 Å². The molecule has 0 atom stereocenters. The molecule has 0 bridgehead atoms. The molecule has 0 radical (unpaired) electrons. The number of rotatable bonds is 5. The normalized spacial score (nSPS) is 12.2. The number of hydrogen-bond acceptors (Lipinski definition) is 5. The molecule has 0 saturated heterocycles. The van der Waals surface area contributed by atoms with Crippen LogP contribution < -0.4 is 5.32 Å². The van der Waals surface area contributed by atoms with Crippen LogP contribution in [-0.4, -0.2) is 34.2 Å². The molecule has 2 rings (SSSR count). The molecular weight excluding hydrogens is 362 g/mol. The molecule has 0 spiro atoms. The fraction of sp³-hybridized carbons (Fsp3) is 0.235. The van der Waals surface area contributed by atoms with Gasteiger partial charge in [0.2, 0.25) is 0 Å². The van der Waals surface area contributed by atoms with Gasteiger partial charge in [0.05, 0.1) is 15.0 Å². The van der Waals surface area contributed by atoms with Crippen LogP contribution in [0.1, 0.15) is 24.2 Å². The molecule has 25 heavy (non-hydrogen) atoms. The Hall–Kier alpha value is -2.19. The van der Waals surface area contributed by atoms with E-state index in [2.05, 4.69) is 5.32 Å². The highest BCUT2D eigenvalue weighted by Gasteiger charge is 2.20. The van der Waals surface area contributed by atoms with Crippen molar-refractivity contribution < 1.29 is 21.6 Å². The maximum Gasteiger partial charge on any atom is 0.255 e. The Morgan fingerprint density at radius 3 is 2.04 bits per heavy atom. The van der Waals surface area contributed by atoms with Gasteiger partial charge in [-0.15, -0.1) is 0 Å². The van der Waals surface area contributed by atoms with Crippen LogP contribution in [0.25, 0.3) is 0 Å². The monoisotopic (exact) mass is 381 g/mol. The van der Waals surface area contributed by atoms with Gasteiger partial charge in [-0.25, -0.2) is 16.8 Å². The van der Waals surface area contributed by atoms with Gasteiger partial charge in [0.25, 0.3) is 5.91 Å². The summed E-state index contributed by atoms with van der Waals surface area (Å²) in [7, 11) is -6.78. The van der Waals surface area contributed by atoms with Gasteiger partial charge in [0.1, 0.15) is 0 Å². The molecule has 2 aromatic rings. The van der Waals surface area contributed by atoms with Gasteiger partial charge >= 0.3 is 0 Å². The molecule has 0 aliphatic heterocycles. The van der Waals surface area contributed by atoms with Crippen LogP contribution >= 0.6 is 0 Å². The number of carbonyl (C=O) groups is 1. The topological polar surface area (TPSA) is 97.4 Å². The first-order chi connectivity index (χ1) is 11.5. The summed E-state index contributed by atoms with van der Waals surface area (Å²) in [6.07, 6.45) is 1.10. The summed E-state index contributed by atoms with van der Waals surface area (Å²) in [6, 6.07) is 11.5. The number of sulfone groups is 2. The lowest BCUT2D eigenvalue weighted by Crippen LogP contribution is -2.16. The van der Waals surface area contributed by atoms with Crippen LogP contribution in [0.5, 0.6) is 0 Å². The number of nitrogens with one attached hydrogen (secondary N) is 1. The van der Waals surface area contributed by atoms with Gasteiger partial charge in [-0.1, -0.05) is 6.07 Å². The van der Waals surface area contributed by atoms with Crippen molar-refractivity contribution in [1.82, 2.24) is 0 Å². The summed E-state index contributed by atoms with van der Waals surface area (Å²) >= 11 is 0. The predicted octanol–water partition coefficient (Wildman–Crippen LogP) is 2.52. The zero-order valence-corrected chi connectivity index (χ0v) is 15.7. The van der Waals surface area contributed by atoms with Gasteiger partial charge < -0.3 is 5.32 Å². The van der Waals surface area contributed by atoms with E-state index >= 15 is 0 Å².